The van der Waals surface area contributed by atoms with Gasteiger partial charge in [-0.2, -0.15) is 0 Å². The van der Waals surface area contributed by atoms with Crippen LogP contribution in [0.1, 0.15) is 33.1 Å². The second-order valence-electron chi connectivity index (χ2n) is 13.9. The van der Waals surface area contributed by atoms with Crippen molar-refractivity contribution < 1.29 is 83.1 Å². The Morgan fingerprint density at radius 1 is 0.511 bits per heavy atom. The lowest BCUT2D eigenvalue weighted by Gasteiger charge is -2.21. The molecule has 0 aromatic heterocycles. The normalized spacial score (nSPS) is 11.1. The number of aliphatic carboxylic acids is 4. The summed E-state index contributed by atoms with van der Waals surface area (Å²) in [7, 11) is 24.6. The lowest BCUT2D eigenvalue weighted by Crippen LogP contribution is -2.36. The molecule has 0 aromatic rings. The summed E-state index contributed by atoms with van der Waals surface area (Å²) in [6, 6.07) is 0. The largest absolute Gasteiger partial charge is 0.550 e. The van der Waals surface area contributed by atoms with Crippen molar-refractivity contribution in [1.29, 1.82) is 0 Å². The van der Waals surface area contributed by atoms with Crippen LogP contribution in [0.5, 0.6) is 0 Å². The van der Waals surface area contributed by atoms with E-state index in [4.69, 9.17) is 35.4 Å². The van der Waals surface area contributed by atoms with E-state index in [0.717, 1.165) is 51.0 Å². The molecule has 0 aliphatic heterocycles. The molecule has 5 N–H and O–H groups in total. The van der Waals surface area contributed by atoms with E-state index in [0.29, 0.717) is 0 Å². The average molecular weight is 695 g/mol. The first-order valence-electron chi connectivity index (χ1n) is 14.9. The molecule has 0 saturated carbocycles. The summed E-state index contributed by atoms with van der Waals surface area (Å²) in [5, 5.41) is 79.3. The third kappa shape index (κ3) is 125. The van der Waals surface area contributed by atoms with Gasteiger partial charge in [0.15, 0.2) is 0 Å². The number of aliphatic hydroxyl groups is 5. The maximum absolute atomic E-state index is 9.57. The van der Waals surface area contributed by atoms with Crippen molar-refractivity contribution in [1.82, 2.24) is 0 Å². The molecule has 0 amide bonds. The summed E-state index contributed by atoms with van der Waals surface area (Å²) in [6.45, 7) is 7.00. The Bertz CT molecular complexity index is 660. The number of aliphatic hydroxyl groups excluding tert-OH is 5. The Labute approximate surface area is 283 Å². The standard InChI is InChI=1S/4C5H14NO.C4H6O4.C4H8O3.C2H4O2/c4*1-6(2,3)4-5-7;5-3(6)1-2-4(7)8;1-2-3(5)4(6)7;1-2(3)4/h4*7H,4-5H2,1-3H3;1-2H2,(H,5,6)(H,7,8);3,5H,2H2,1H3,(H,6,7);1H3,(H,3,4)/q4*+1;;;/p-4. The summed E-state index contributed by atoms with van der Waals surface area (Å²) < 4.78 is 3.38. The molecule has 0 fully saturated rings. The van der Waals surface area contributed by atoms with Gasteiger partial charge in [0.05, 0.1) is 123 Å². The predicted molar refractivity (Wildman–Crippen MR) is 171 cm³/mol. The smallest absolute Gasteiger partial charge is 0.101 e. The zero-order chi connectivity index (χ0) is 39.7. The fourth-order valence-electron chi connectivity index (χ4n) is 1.57. The summed E-state index contributed by atoms with van der Waals surface area (Å²) >= 11 is 0. The molecule has 0 aliphatic carbocycles. The summed E-state index contributed by atoms with van der Waals surface area (Å²) in [5.74, 6) is -5.22. The van der Waals surface area contributed by atoms with Gasteiger partial charge in [0, 0.05) is 17.9 Å². The van der Waals surface area contributed by atoms with E-state index in [-0.39, 0.29) is 32.8 Å². The van der Waals surface area contributed by atoms with Crippen molar-refractivity contribution in [2.75, 3.05) is 137 Å². The molecule has 0 bridgehead atoms. The quantitative estimate of drug-likeness (QED) is 0.112. The first-order valence-corrected chi connectivity index (χ1v) is 14.9. The van der Waals surface area contributed by atoms with Gasteiger partial charge in [0.1, 0.15) is 26.2 Å². The molecule has 0 radical (unpaired) electrons. The van der Waals surface area contributed by atoms with Gasteiger partial charge in [-0.3, -0.25) is 0 Å². The monoisotopic (exact) mass is 694 g/mol. The second-order valence-corrected chi connectivity index (χ2v) is 13.9. The number of likely N-dealkylation sites (N-methyl/N-ethyl adjacent to an activating group) is 4. The Hall–Kier alpha value is -2.48. The molecule has 0 spiro atoms. The van der Waals surface area contributed by atoms with E-state index in [9.17, 15) is 29.7 Å². The Balaban J connectivity index is -0.0000000799. The lowest BCUT2D eigenvalue weighted by atomic mass is 10.3. The lowest BCUT2D eigenvalue weighted by molar-refractivity contribution is -0.870. The van der Waals surface area contributed by atoms with Gasteiger partial charge < -0.3 is 83.1 Å². The van der Waals surface area contributed by atoms with Crippen LogP contribution in [0.15, 0.2) is 0 Å². The van der Waals surface area contributed by atoms with Crippen LogP contribution in [-0.2, 0) is 19.2 Å². The van der Waals surface area contributed by atoms with Crippen LogP contribution in [-0.4, -0.2) is 211 Å². The number of carbonyl (C=O) groups excluding carboxylic acids is 4. The molecule has 17 nitrogen and oxygen atoms in total. The van der Waals surface area contributed by atoms with Gasteiger partial charge in [0.2, 0.25) is 0 Å². The van der Waals surface area contributed by atoms with Gasteiger partial charge in [-0.05, 0) is 26.2 Å². The highest BCUT2D eigenvalue weighted by molar-refractivity contribution is 5.72. The van der Waals surface area contributed by atoms with Crippen molar-refractivity contribution in [3.8, 4) is 0 Å². The van der Waals surface area contributed by atoms with E-state index in [1.807, 2.05) is 0 Å². The number of quaternary nitrogens is 4. The van der Waals surface area contributed by atoms with Crippen molar-refractivity contribution in [3.63, 3.8) is 0 Å². The van der Waals surface area contributed by atoms with Crippen molar-refractivity contribution in [2.45, 2.75) is 39.2 Å². The SMILES string of the molecule is CC(=O)[O-].CCC(O)C(=O)[O-].C[N+](C)(C)CCO.C[N+](C)(C)CCO.C[N+](C)(C)CCO.C[N+](C)(C)CCO.O=C([O-])CCC(=O)[O-]. The predicted octanol–water partition coefficient (Wildman–Crippen LogP) is -6.73. The van der Waals surface area contributed by atoms with Crippen LogP contribution in [0.4, 0.5) is 0 Å². The number of hydrogen-bond acceptors (Lipinski definition) is 13. The van der Waals surface area contributed by atoms with Crippen LogP contribution in [0.2, 0.25) is 0 Å². The minimum Gasteiger partial charge on any atom is -0.550 e. The molecule has 1 atom stereocenters. The van der Waals surface area contributed by atoms with Crippen LogP contribution in [0, 0.1) is 0 Å². The molecule has 0 aromatic carbocycles. The fourth-order valence-corrected chi connectivity index (χ4v) is 1.57. The minimum absolute atomic E-state index is 0.211. The molecule has 0 saturated heterocycles. The van der Waals surface area contributed by atoms with Gasteiger partial charge in [-0.25, -0.2) is 0 Å². The molecule has 288 valence electrons. The minimum atomic E-state index is -1.40. The number of carbonyl (C=O) groups is 4. The van der Waals surface area contributed by atoms with Crippen LogP contribution in [0.3, 0.4) is 0 Å². The maximum atomic E-state index is 9.57. The highest BCUT2D eigenvalue weighted by atomic mass is 16.4. The summed E-state index contributed by atoms with van der Waals surface area (Å²) in [5.41, 5.74) is 0. The fraction of sp³-hybridized carbons (Fsp3) is 0.867. The van der Waals surface area contributed by atoms with E-state index >= 15 is 0 Å². The van der Waals surface area contributed by atoms with Crippen molar-refractivity contribution in [3.05, 3.63) is 0 Å². The van der Waals surface area contributed by atoms with Crippen LogP contribution >= 0.6 is 0 Å². The second kappa shape index (κ2) is 34.8. The summed E-state index contributed by atoms with van der Waals surface area (Å²) in [4.78, 5) is 37.5. The molecular weight excluding hydrogens is 624 g/mol. The third-order valence-corrected chi connectivity index (χ3v) is 4.28. The molecular formula is C30H70N4O13. The number of hydrogen-bond donors (Lipinski definition) is 5. The zero-order valence-corrected chi connectivity index (χ0v) is 31.6. The molecule has 17 heteroatoms. The number of carboxylic acids is 4. The van der Waals surface area contributed by atoms with Crippen molar-refractivity contribution >= 4 is 23.9 Å². The maximum Gasteiger partial charge on any atom is 0.101 e. The summed E-state index contributed by atoms with van der Waals surface area (Å²) in [6.07, 6.45) is -2.02. The number of rotatable bonds is 13. The van der Waals surface area contributed by atoms with Gasteiger partial charge >= 0.3 is 0 Å². The number of carboxylic acid groups (broad SMARTS) is 4. The highest BCUT2D eigenvalue weighted by Gasteiger charge is 2.04. The first-order chi connectivity index (χ1) is 20.8. The van der Waals surface area contributed by atoms with Crippen LogP contribution < -0.4 is 20.4 Å². The van der Waals surface area contributed by atoms with E-state index in [2.05, 4.69) is 84.6 Å². The average Bonchev–Trinajstić information content (AvgIpc) is 2.81. The molecule has 1 unspecified atom stereocenters. The zero-order valence-electron chi connectivity index (χ0n) is 31.6. The van der Waals surface area contributed by atoms with E-state index in [1.54, 1.807) is 6.92 Å². The Morgan fingerprint density at radius 2 is 0.681 bits per heavy atom. The van der Waals surface area contributed by atoms with E-state index in [1.165, 1.54) is 0 Å². The topological polar surface area (TPSA) is 262 Å². The van der Waals surface area contributed by atoms with Gasteiger partial charge in [-0.1, -0.05) is 6.92 Å². The van der Waals surface area contributed by atoms with Gasteiger partial charge in [-0.15, -0.1) is 0 Å². The van der Waals surface area contributed by atoms with Gasteiger partial charge in [0.25, 0.3) is 0 Å². The molecule has 0 aliphatic rings. The molecule has 0 heterocycles. The number of nitrogens with zero attached hydrogens (tertiary/aromatic N) is 4. The molecule has 47 heavy (non-hydrogen) atoms. The molecule has 0 rings (SSSR count). The first kappa shape index (κ1) is 59.9. The van der Waals surface area contributed by atoms with Crippen LogP contribution in [0.25, 0.3) is 0 Å². The van der Waals surface area contributed by atoms with E-state index < -0.39 is 42.8 Å². The Kier molecular flexibility index (Phi) is 44.4. The Morgan fingerprint density at radius 3 is 0.702 bits per heavy atom. The van der Waals surface area contributed by atoms with Crippen molar-refractivity contribution in [2.24, 2.45) is 0 Å². The third-order valence-electron chi connectivity index (χ3n) is 4.28. The highest BCUT2D eigenvalue weighted by Crippen LogP contribution is 1.87.